The number of para-hydroxylation sites is 1. The number of hydrogen-bond acceptors (Lipinski definition) is 2. The van der Waals surface area contributed by atoms with Crippen molar-refractivity contribution in [2.45, 2.75) is 0 Å². The van der Waals surface area contributed by atoms with E-state index < -0.39 is 0 Å². The maximum atomic E-state index is 2.43. The molecule has 3 heterocycles. The van der Waals surface area contributed by atoms with Crippen LogP contribution in [0.1, 0.15) is 0 Å². The van der Waals surface area contributed by atoms with Gasteiger partial charge in [0.05, 0.1) is 11.0 Å². The molecule has 0 radical (unpaired) electrons. The first-order chi connectivity index (χ1) is 22.3. The number of fused-ring (bicyclic) bond motifs is 9. The van der Waals surface area contributed by atoms with E-state index in [1.165, 1.54) is 90.1 Å². The lowest BCUT2D eigenvalue weighted by Crippen LogP contribution is -1.93. The van der Waals surface area contributed by atoms with Crippen LogP contribution in [0.15, 0.2) is 152 Å². The number of aromatic nitrogens is 1. The topological polar surface area (TPSA) is 4.93 Å². The summed E-state index contributed by atoms with van der Waals surface area (Å²) in [6.45, 7) is 0. The van der Waals surface area contributed by atoms with Crippen LogP contribution in [0.4, 0.5) is 0 Å². The minimum atomic E-state index is 1.20. The highest BCUT2D eigenvalue weighted by molar-refractivity contribution is 7.26. The first-order valence-corrected chi connectivity index (χ1v) is 16.9. The van der Waals surface area contributed by atoms with Crippen molar-refractivity contribution in [1.29, 1.82) is 0 Å². The molecule has 3 aromatic heterocycles. The first-order valence-electron chi connectivity index (χ1n) is 15.3. The zero-order valence-electron chi connectivity index (χ0n) is 24.2. The van der Waals surface area contributed by atoms with Crippen LogP contribution >= 0.6 is 22.7 Å². The van der Waals surface area contributed by atoms with Crippen molar-refractivity contribution in [1.82, 2.24) is 4.57 Å². The third-order valence-electron chi connectivity index (χ3n) is 9.21. The fourth-order valence-electron chi connectivity index (χ4n) is 7.11. The van der Waals surface area contributed by atoms with E-state index in [-0.39, 0.29) is 0 Å². The maximum Gasteiger partial charge on any atom is 0.0541 e. The number of rotatable bonds is 3. The Labute approximate surface area is 267 Å². The molecule has 0 aliphatic heterocycles. The third kappa shape index (κ3) is 3.78. The van der Waals surface area contributed by atoms with Gasteiger partial charge < -0.3 is 4.57 Å². The van der Waals surface area contributed by atoms with Gasteiger partial charge in [-0.2, -0.15) is 0 Å². The molecule has 0 aliphatic rings. The van der Waals surface area contributed by atoms with Gasteiger partial charge in [-0.1, -0.05) is 109 Å². The lowest BCUT2D eigenvalue weighted by atomic mass is 10.0. The van der Waals surface area contributed by atoms with Crippen LogP contribution in [0, 0.1) is 0 Å². The van der Waals surface area contributed by atoms with E-state index in [9.17, 15) is 0 Å². The average Bonchev–Trinajstić information content (AvgIpc) is 3.77. The molecular formula is C42H25NS2. The van der Waals surface area contributed by atoms with Gasteiger partial charge in [-0.15, -0.1) is 22.7 Å². The van der Waals surface area contributed by atoms with E-state index in [0.29, 0.717) is 0 Å². The van der Waals surface area contributed by atoms with E-state index >= 15 is 0 Å². The molecule has 3 heteroatoms. The second-order valence-electron chi connectivity index (χ2n) is 11.7. The summed E-state index contributed by atoms with van der Waals surface area (Å²) in [5.41, 5.74) is 8.73. The van der Waals surface area contributed by atoms with Crippen LogP contribution in [-0.2, 0) is 0 Å². The minimum Gasteiger partial charge on any atom is -0.309 e. The molecular weight excluding hydrogens is 583 g/mol. The highest BCUT2D eigenvalue weighted by atomic mass is 32.1. The van der Waals surface area contributed by atoms with E-state index in [2.05, 4.69) is 156 Å². The summed E-state index contributed by atoms with van der Waals surface area (Å²) in [7, 11) is 0. The second kappa shape index (κ2) is 9.64. The normalized spacial score (nSPS) is 12.0. The van der Waals surface area contributed by atoms with Crippen molar-refractivity contribution in [2.75, 3.05) is 0 Å². The summed E-state index contributed by atoms with van der Waals surface area (Å²) < 4.78 is 7.78. The third-order valence-corrected chi connectivity index (χ3v) is 11.5. The van der Waals surface area contributed by atoms with Crippen molar-refractivity contribution in [2.24, 2.45) is 0 Å². The van der Waals surface area contributed by atoms with Crippen LogP contribution in [0.25, 0.3) is 90.1 Å². The predicted octanol–water partition coefficient (Wildman–Crippen LogP) is 12.9. The van der Waals surface area contributed by atoms with Gasteiger partial charge in [0.25, 0.3) is 0 Å². The van der Waals surface area contributed by atoms with Crippen molar-refractivity contribution < 1.29 is 0 Å². The fraction of sp³-hybridized carbons (Fsp3) is 0. The Hall–Kier alpha value is -5.22. The lowest BCUT2D eigenvalue weighted by Gasteiger charge is -2.09. The van der Waals surface area contributed by atoms with Gasteiger partial charge in [0.2, 0.25) is 0 Å². The second-order valence-corrected chi connectivity index (χ2v) is 13.9. The van der Waals surface area contributed by atoms with Crippen molar-refractivity contribution >= 4 is 84.8 Å². The largest absolute Gasteiger partial charge is 0.309 e. The minimum absolute atomic E-state index is 1.20. The number of hydrogen-bond donors (Lipinski definition) is 0. The van der Waals surface area contributed by atoms with E-state index in [1.54, 1.807) is 0 Å². The molecule has 7 aromatic carbocycles. The summed E-state index contributed by atoms with van der Waals surface area (Å²) in [6, 6.07) is 55.8. The monoisotopic (exact) mass is 607 g/mol. The molecule has 0 bridgehead atoms. The maximum absolute atomic E-state index is 2.43. The van der Waals surface area contributed by atoms with Crippen LogP contribution in [0.3, 0.4) is 0 Å². The fourth-order valence-corrected chi connectivity index (χ4v) is 9.52. The van der Waals surface area contributed by atoms with Gasteiger partial charge in [-0.05, 0) is 64.7 Å². The van der Waals surface area contributed by atoms with Crippen LogP contribution < -0.4 is 0 Å². The Morgan fingerprint density at radius 1 is 0.356 bits per heavy atom. The SMILES string of the molecule is c1ccc(-c2ccc3c(c2)c2ccccc2n3-c2ccc3c(c2)sc2c(-c4ccc5c(c4)sc4ccccc45)cccc23)cc1. The molecule has 210 valence electrons. The van der Waals surface area contributed by atoms with Crippen LogP contribution in [-0.4, -0.2) is 4.57 Å². The molecule has 0 amide bonds. The van der Waals surface area contributed by atoms with E-state index in [1.807, 2.05) is 22.7 Å². The van der Waals surface area contributed by atoms with Gasteiger partial charge in [-0.25, -0.2) is 0 Å². The van der Waals surface area contributed by atoms with Gasteiger partial charge in [0.1, 0.15) is 0 Å². The highest BCUT2D eigenvalue weighted by Crippen LogP contribution is 2.43. The average molecular weight is 608 g/mol. The molecule has 0 aliphatic carbocycles. The Kier molecular flexibility index (Phi) is 5.39. The summed E-state index contributed by atoms with van der Waals surface area (Å²) in [5, 5.41) is 7.89. The molecule has 0 saturated heterocycles. The van der Waals surface area contributed by atoms with Crippen molar-refractivity contribution in [3.8, 4) is 27.9 Å². The van der Waals surface area contributed by atoms with E-state index in [4.69, 9.17) is 0 Å². The van der Waals surface area contributed by atoms with Crippen LogP contribution in [0.2, 0.25) is 0 Å². The molecule has 0 spiro atoms. The zero-order valence-corrected chi connectivity index (χ0v) is 25.8. The Bertz CT molecular complexity index is 2760. The number of nitrogens with zero attached hydrogens (tertiary/aromatic N) is 1. The Balaban J connectivity index is 1.15. The molecule has 0 N–H and O–H groups in total. The molecule has 10 aromatic rings. The van der Waals surface area contributed by atoms with Gasteiger partial charge >= 0.3 is 0 Å². The van der Waals surface area contributed by atoms with Gasteiger partial charge in [0.15, 0.2) is 0 Å². The molecule has 10 rings (SSSR count). The smallest absolute Gasteiger partial charge is 0.0541 e. The molecule has 0 saturated carbocycles. The summed E-state index contributed by atoms with van der Waals surface area (Å²) >= 11 is 3.79. The molecule has 45 heavy (non-hydrogen) atoms. The Morgan fingerprint density at radius 3 is 1.98 bits per heavy atom. The van der Waals surface area contributed by atoms with Crippen molar-refractivity contribution in [3.63, 3.8) is 0 Å². The molecule has 1 nitrogen and oxygen atoms in total. The van der Waals surface area contributed by atoms with Gasteiger partial charge in [0, 0.05) is 56.8 Å². The predicted molar refractivity (Wildman–Crippen MR) is 197 cm³/mol. The zero-order chi connectivity index (χ0) is 29.5. The summed E-state index contributed by atoms with van der Waals surface area (Å²) in [4.78, 5) is 0. The lowest BCUT2D eigenvalue weighted by molar-refractivity contribution is 1.19. The van der Waals surface area contributed by atoms with Gasteiger partial charge in [-0.3, -0.25) is 0 Å². The molecule has 0 fully saturated rings. The molecule has 0 atom stereocenters. The summed E-state index contributed by atoms with van der Waals surface area (Å²) in [6.07, 6.45) is 0. The first kappa shape index (κ1) is 25.1. The standard InChI is InChI=1S/C42H25NS2/c1-2-9-26(10-3-1)27-18-22-38-36(23-27)31-11-4-6-15-37(31)43(38)29-19-21-34-35-14-8-13-30(42(35)45-41(34)25-29)28-17-20-33-32-12-5-7-16-39(32)44-40(33)24-28/h1-25H. The van der Waals surface area contributed by atoms with E-state index in [0.717, 1.165) is 0 Å². The van der Waals surface area contributed by atoms with Crippen LogP contribution in [0.5, 0.6) is 0 Å². The number of thiophene rings is 2. The Morgan fingerprint density at radius 2 is 1.04 bits per heavy atom. The summed E-state index contributed by atoms with van der Waals surface area (Å²) in [5.74, 6) is 0. The highest BCUT2D eigenvalue weighted by Gasteiger charge is 2.16. The quantitative estimate of drug-likeness (QED) is 0.188. The van der Waals surface area contributed by atoms with Crippen molar-refractivity contribution in [3.05, 3.63) is 152 Å². The number of benzene rings is 7. The molecule has 0 unspecified atom stereocenters.